The third kappa shape index (κ3) is 7.71. The number of amides is 2. The molecule has 2 rings (SSSR count). The van der Waals surface area contributed by atoms with Gasteiger partial charge in [0, 0.05) is 23.6 Å². The van der Waals surface area contributed by atoms with E-state index in [4.69, 9.17) is 5.10 Å². The lowest BCUT2D eigenvalue weighted by Gasteiger charge is -2.24. The van der Waals surface area contributed by atoms with Crippen molar-refractivity contribution >= 4 is 17.6 Å². The molecule has 0 unspecified atom stereocenters. The molecule has 0 spiro atoms. The van der Waals surface area contributed by atoms with E-state index in [9.17, 15) is 9.59 Å². The van der Waals surface area contributed by atoms with E-state index in [1.807, 2.05) is 41.9 Å². The second kappa shape index (κ2) is 11.7. The smallest absolute Gasteiger partial charge is 0.254 e. The number of benzene rings is 1. The van der Waals surface area contributed by atoms with Crippen LogP contribution in [0.2, 0.25) is 0 Å². The van der Waals surface area contributed by atoms with Gasteiger partial charge in [0.1, 0.15) is 12.4 Å². The summed E-state index contributed by atoms with van der Waals surface area (Å²) in [6.45, 7) is 17.2. The first kappa shape index (κ1) is 27.6. The minimum atomic E-state index is -0.288. The topological polar surface area (TPSA) is 67.2 Å². The molecule has 34 heavy (non-hydrogen) atoms. The van der Waals surface area contributed by atoms with Crippen LogP contribution in [-0.2, 0) is 22.2 Å². The molecule has 0 bridgehead atoms. The van der Waals surface area contributed by atoms with Crippen molar-refractivity contribution in [2.45, 2.75) is 98.4 Å². The van der Waals surface area contributed by atoms with Gasteiger partial charge in [-0.25, -0.2) is 4.68 Å². The molecule has 188 valence electrons. The third-order valence-electron chi connectivity index (χ3n) is 5.77. The number of aryl methyl sites for hydroxylation is 1. The van der Waals surface area contributed by atoms with Crippen LogP contribution in [0.15, 0.2) is 30.3 Å². The zero-order valence-electron chi connectivity index (χ0n) is 22.5. The quantitative estimate of drug-likeness (QED) is 0.425. The van der Waals surface area contributed by atoms with Crippen molar-refractivity contribution in [1.29, 1.82) is 0 Å². The van der Waals surface area contributed by atoms with Crippen LogP contribution in [0.25, 0.3) is 0 Å². The minimum absolute atomic E-state index is 0.00506. The predicted molar refractivity (Wildman–Crippen MR) is 140 cm³/mol. The summed E-state index contributed by atoms with van der Waals surface area (Å²) in [7, 11) is 0. The Balaban J connectivity index is 2.14. The van der Waals surface area contributed by atoms with E-state index in [0.717, 1.165) is 25.0 Å². The first-order valence-corrected chi connectivity index (χ1v) is 12.7. The maximum atomic E-state index is 13.2. The van der Waals surface area contributed by atoms with Crippen LogP contribution in [0.3, 0.4) is 0 Å². The molecule has 0 saturated heterocycles. The van der Waals surface area contributed by atoms with Gasteiger partial charge in [-0.15, -0.1) is 0 Å². The summed E-state index contributed by atoms with van der Waals surface area (Å²) in [6.07, 6.45) is 5.38. The van der Waals surface area contributed by atoms with Crippen molar-refractivity contribution in [2.75, 3.05) is 18.4 Å². The summed E-state index contributed by atoms with van der Waals surface area (Å²) in [5, 5.41) is 7.77. The zero-order valence-corrected chi connectivity index (χ0v) is 22.5. The zero-order chi connectivity index (χ0) is 25.5. The van der Waals surface area contributed by atoms with E-state index >= 15 is 0 Å². The summed E-state index contributed by atoms with van der Waals surface area (Å²) in [5.74, 6) is 0.323. The molecule has 2 amide bonds. The molecule has 1 aromatic carbocycles. The van der Waals surface area contributed by atoms with Gasteiger partial charge in [-0.2, -0.15) is 5.10 Å². The van der Waals surface area contributed by atoms with E-state index in [-0.39, 0.29) is 29.3 Å². The normalized spacial score (nSPS) is 12.0. The first-order valence-electron chi connectivity index (χ1n) is 12.7. The van der Waals surface area contributed by atoms with Gasteiger partial charge in [0.05, 0.1) is 11.2 Å². The number of carbonyl (C=O) groups is 2. The lowest BCUT2D eigenvalue weighted by molar-refractivity contribution is -0.117. The lowest BCUT2D eigenvalue weighted by Crippen LogP contribution is -2.39. The van der Waals surface area contributed by atoms with Crippen molar-refractivity contribution in [1.82, 2.24) is 14.7 Å². The average molecular weight is 469 g/mol. The molecular formula is C28H44N4O2. The molecule has 0 atom stereocenters. The fourth-order valence-electron chi connectivity index (χ4n) is 3.80. The fraction of sp³-hybridized carbons (Fsp3) is 0.607. The molecule has 0 aliphatic carbocycles. The highest BCUT2D eigenvalue weighted by Crippen LogP contribution is 2.28. The first-order chi connectivity index (χ1) is 15.9. The van der Waals surface area contributed by atoms with Crippen molar-refractivity contribution in [3.8, 4) is 0 Å². The van der Waals surface area contributed by atoms with Crippen LogP contribution in [0.4, 0.5) is 5.82 Å². The monoisotopic (exact) mass is 468 g/mol. The van der Waals surface area contributed by atoms with E-state index in [0.29, 0.717) is 17.9 Å². The van der Waals surface area contributed by atoms with Crippen LogP contribution in [-0.4, -0.2) is 39.6 Å². The number of hydrogen-bond donors (Lipinski definition) is 1. The Morgan fingerprint density at radius 3 is 2.15 bits per heavy atom. The van der Waals surface area contributed by atoms with Gasteiger partial charge in [-0.3, -0.25) is 9.59 Å². The molecule has 1 N–H and O–H groups in total. The Bertz CT molecular complexity index is 946. The average Bonchev–Trinajstić information content (AvgIpc) is 3.18. The molecule has 0 radical (unpaired) electrons. The summed E-state index contributed by atoms with van der Waals surface area (Å²) in [6, 6.07) is 9.77. The summed E-state index contributed by atoms with van der Waals surface area (Å²) < 4.78 is 1.86. The Morgan fingerprint density at radius 1 is 0.971 bits per heavy atom. The van der Waals surface area contributed by atoms with Crippen LogP contribution in [0.5, 0.6) is 0 Å². The molecule has 0 aliphatic heterocycles. The molecule has 0 aliphatic rings. The predicted octanol–water partition coefficient (Wildman–Crippen LogP) is 6.16. The summed E-state index contributed by atoms with van der Waals surface area (Å²) >= 11 is 0. The van der Waals surface area contributed by atoms with E-state index in [1.165, 1.54) is 18.4 Å². The molecule has 2 aromatic rings. The third-order valence-corrected chi connectivity index (χ3v) is 5.77. The fourth-order valence-corrected chi connectivity index (χ4v) is 3.80. The van der Waals surface area contributed by atoms with Gasteiger partial charge in [0.2, 0.25) is 5.91 Å². The number of rotatable bonds is 10. The lowest BCUT2D eigenvalue weighted by atomic mass is 9.92. The van der Waals surface area contributed by atoms with Gasteiger partial charge in [0.15, 0.2) is 0 Å². The Labute approximate surface area is 206 Å². The highest BCUT2D eigenvalue weighted by molar-refractivity contribution is 5.99. The largest absolute Gasteiger partial charge is 0.329 e. The number of nitrogens with zero attached hydrogens (tertiary/aromatic N) is 3. The SMILES string of the molecule is CCCCCc1ccc(C(=O)N(CCC)CC(=O)Nc2cc(C(C)(C)C)nn2C(C)(C)C)cc1. The number of aromatic nitrogens is 2. The molecular weight excluding hydrogens is 424 g/mol. The molecule has 0 fully saturated rings. The van der Waals surface area contributed by atoms with Gasteiger partial charge in [0.25, 0.3) is 5.91 Å². The highest BCUT2D eigenvalue weighted by Gasteiger charge is 2.26. The van der Waals surface area contributed by atoms with Gasteiger partial charge < -0.3 is 10.2 Å². The van der Waals surface area contributed by atoms with Crippen LogP contribution < -0.4 is 5.32 Å². The van der Waals surface area contributed by atoms with Gasteiger partial charge in [-0.1, -0.05) is 59.6 Å². The molecule has 1 heterocycles. The molecule has 6 nitrogen and oxygen atoms in total. The summed E-state index contributed by atoms with van der Waals surface area (Å²) in [5.41, 5.74) is 2.36. The number of hydrogen-bond acceptors (Lipinski definition) is 3. The number of carbonyl (C=O) groups excluding carboxylic acids is 2. The second-order valence-corrected chi connectivity index (χ2v) is 11.2. The van der Waals surface area contributed by atoms with Crippen LogP contribution in [0, 0.1) is 0 Å². The minimum Gasteiger partial charge on any atom is -0.329 e. The van der Waals surface area contributed by atoms with Crippen molar-refractivity contribution in [2.24, 2.45) is 0 Å². The van der Waals surface area contributed by atoms with E-state index < -0.39 is 0 Å². The second-order valence-electron chi connectivity index (χ2n) is 11.2. The number of nitrogens with one attached hydrogen (secondary N) is 1. The van der Waals surface area contributed by atoms with Crippen LogP contribution in [0.1, 0.15) is 103 Å². The standard InChI is InChI=1S/C28H44N4O2/c1-9-11-12-13-21-14-16-22(17-15-21)26(34)31(18-10-2)20-25(33)29-24-19-23(27(3,4)5)30-32(24)28(6,7)8/h14-17,19H,9-13,18,20H2,1-8H3,(H,29,33). The van der Waals surface area contributed by atoms with E-state index in [1.54, 1.807) is 4.90 Å². The van der Waals surface area contributed by atoms with Crippen LogP contribution >= 0.6 is 0 Å². The van der Waals surface area contributed by atoms with Crippen molar-refractivity contribution in [3.63, 3.8) is 0 Å². The maximum Gasteiger partial charge on any atom is 0.254 e. The van der Waals surface area contributed by atoms with E-state index in [2.05, 4.69) is 53.8 Å². The Morgan fingerprint density at radius 2 is 1.62 bits per heavy atom. The summed E-state index contributed by atoms with van der Waals surface area (Å²) in [4.78, 5) is 27.8. The number of anilines is 1. The maximum absolute atomic E-state index is 13.2. The molecule has 1 aromatic heterocycles. The van der Waals surface area contributed by atoms with Crippen molar-refractivity contribution < 1.29 is 9.59 Å². The van der Waals surface area contributed by atoms with Gasteiger partial charge >= 0.3 is 0 Å². The number of unbranched alkanes of at least 4 members (excludes halogenated alkanes) is 2. The Kier molecular flexibility index (Phi) is 9.48. The molecule has 0 saturated carbocycles. The molecule has 6 heteroatoms. The highest BCUT2D eigenvalue weighted by atomic mass is 16.2. The Hall–Kier alpha value is -2.63. The van der Waals surface area contributed by atoms with Gasteiger partial charge in [-0.05, 0) is 57.7 Å². The van der Waals surface area contributed by atoms with Crippen molar-refractivity contribution in [3.05, 3.63) is 47.2 Å².